The number of nitrogens with one attached hydrogen (secondary N) is 1. The summed E-state index contributed by atoms with van der Waals surface area (Å²) in [6.45, 7) is -0.0887. The second kappa shape index (κ2) is 7.25. The van der Waals surface area contributed by atoms with E-state index in [0.717, 1.165) is 5.56 Å². The highest BCUT2D eigenvalue weighted by molar-refractivity contribution is 7.89. The van der Waals surface area contributed by atoms with Gasteiger partial charge in [-0.1, -0.05) is 42.5 Å². The molecule has 0 aliphatic carbocycles. The number of rotatable bonds is 6. The molecule has 0 fully saturated rings. The molecule has 7 heteroatoms. The highest BCUT2D eigenvalue weighted by atomic mass is 32.2. The number of likely N-dealkylation sites (N-methyl/N-ethyl adjacent to an activating group) is 1. The van der Waals surface area contributed by atoms with Crippen molar-refractivity contribution in [2.75, 3.05) is 24.2 Å². The summed E-state index contributed by atoms with van der Waals surface area (Å²) < 4.78 is 32.5. The van der Waals surface area contributed by atoms with Crippen LogP contribution in [0.3, 0.4) is 0 Å². The Balaban J connectivity index is 1.60. The van der Waals surface area contributed by atoms with E-state index in [1.165, 1.54) is 4.90 Å². The molecule has 3 rings (SSSR count). The Morgan fingerprint density at radius 2 is 1.76 bits per heavy atom. The summed E-state index contributed by atoms with van der Waals surface area (Å²) in [5.41, 5.74) is 1.63. The van der Waals surface area contributed by atoms with Gasteiger partial charge in [0, 0.05) is 7.05 Å². The number of carbonyl (C=O) groups excluding carboxylic acids is 1. The summed E-state index contributed by atoms with van der Waals surface area (Å²) in [4.78, 5) is 13.8. The third-order valence-electron chi connectivity index (χ3n) is 4.09. The molecule has 6 nitrogen and oxygen atoms in total. The van der Waals surface area contributed by atoms with Crippen LogP contribution in [0, 0.1) is 0 Å². The number of anilines is 1. The molecular formula is C18H20N2O4S. The molecule has 1 atom stereocenters. The SMILES string of the molecule is CN1C(=O)C(CNS(=O)(=O)CCc2ccccc2)Oc2ccccc21. The first-order valence-electron chi connectivity index (χ1n) is 8.01. The predicted molar refractivity (Wildman–Crippen MR) is 96.2 cm³/mol. The molecule has 1 N–H and O–H groups in total. The van der Waals surface area contributed by atoms with Crippen molar-refractivity contribution in [1.29, 1.82) is 0 Å². The summed E-state index contributed by atoms with van der Waals surface area (Å²) in [7, 11) is -1.84. The molecule has 2 aromatic rings. The number of para-hydroxylation sites is 2. The first kappa shape index (κ1) is 17.4. The summed E-state index contributed by atoms with van der Waals surface area (Å²) in [6, 6.07) is 16.6. The highest BCUT2D eigenvalue weighted by Gasteiger charge is 2.32. The van der Waals surface area contributed by atoms with Crippen molar-refractivity contribution in [3.05, 3.63) is 60.2 Å². The van der Waals surface area contributed by atoms with Crippen molar-refractivity contribution >= 4 is 21.6 Å². The maximum absolute atomic E-state index is 12.4. The summed E-state index contributed by atoms with van der Waals surface area (Å²) in [5.74, 6) is 0.257. The number of fused-ring (bicyclic) bond motifs is 1. The molecular weight excluding hydrogens is 340 g/mol. The molecule has 0 saturated heterocycles. The normalized spacial score (nSPS) is 17.1. The topological polar surface area (TPSA) is 75.7 Å². The van der Waals surface area contributed by atoms with Gasteiger partial charge < -0.3 is 9.64 Å². The third kappa shape index (κ3) is 4.18. The van der Waals surface area contributed by atoms with E-state index in [1.54, 1.807) is 19.2 Å². The molecule has 0 aromatic heterocycles. The molecule has 1 aliphatic rings. The van der Waals surface area contributed by atoms with Crippen molar-refractivity contribution < 1.29 is 17.9 Å². The summed E-state index contributed by atoms with van der Waals surface area (Å²) in [5, 5.41) is 0. The van der Waals surface area contributed by atoms with E-state index in [2.05, 4.69) is 4.72 Å². The number of nitrogens with zero attached hydrogens (tertiary/aromatic N) is 1. The molecule has 2 aromatic carbocycles. The van der Waals surface area contributed by atoms with Crippen LogP contribution in [0.2, 0.25) is 0 Å². The van der Waals surface area contributed by atoms with Crippen molar-refractivity contribution in [1.82, 2.24) is 4.72 Å². The van der Waals surface area contributed by atoms with Gasteiger partial charge in [-0.15, -0.1) is 0 Å². The lowest BCUT2D eigenvalue weighted by Crippen LogP contribution is -2.49. The smallest absolute Gasteiger partial charge is 0.269 e. The van der Waals surface area contributed by atoms with Crippen molar-refractivity contribution in [2.45, 2.75) is 12.5 Å². The number of carbonyl (C=O) groups is 1. The van der Waals surface area contributed by atoms with E-state index < -0.39 is 16.1 Å². The Labute approximate surface area is 147 Å². The molecule has 1 heterocycles. The Hall–Kier alpha value is -2.38. The van der Waals surface area contributed by atoms with Crippen molar-refractivity contribution in [2.24, 2.45) is 0 Å². The quantitative estimate of drug-likeness (QED) is 0.848. The van der Waals surface area contributed by atoms with Gasteiger partial charge in [0.05, 0.1) is 18.0 Å². The molecule has 1 aliphatic heterocycles. The zero-order valence-electron chi connectivity index (χ0n) is 13.9. The first-order chi connectivity index (χ1) is 12.0. The number of aryl methyl sites for hydroxylation is 1. The number of amides is 1. The molecule has 0 radical (unpaired) electrons. The van der Waals surface area contributed by atoms with E-state index in [4.69, 9.17) is 4.74 Å². The Bertz CT molecular complexity index is 852. The number of hydrogen-bond donors (Lipinski definition) is 1. The van der Waals surface area contributed by atoms with Crippen LogP contribution in [0.4, 0.5) is 5.69 Å². The minimum Gasteiger partial charge on any atom is -0.477 e. The minimum atomic E-state index is -3.50. The maximum atomic E-state index is 12.4. The van der Waals surface area contributed by atoms with E-state index in [1.807, 2.05) is 42.5 Å². The molecule has 25 heavy (non-hydrogen) atoms. The van der Waals surface area contributed by atoms with Gasteiger partial charge in [-0.3, -0.25) is 4.79 Å². The van der Waals surface area contributed by atoms with Crippen LogP contribution in [-0.4, -0.2) is 39.8 Å². The predicted octanol–water partition coefficient (Wildman–Crippen LogP) is 1.57. The average molecular weight is 360 g/mol. The fourth-order valence-corrected chi connectivity index (χ4v) is 3.73. The fourth-order valence-electron chi connectivity index (χ4n) is 2.67. The van der Waals surface area contributed by atoms with Gasteiger partial charge in [-0.25, -0.2) is 13.1 Å². The van der Waals surface area contributed by atoms with Crippen molar-refractivity contribution in [3.63, 3.8) is 0 Å². The van der Waals surface area contributed by atoms with Gasteiger partial charge in [-0.05, 0) is 24.1 Å². The van der Waals surface area contributed by atoms with E-state index in [9.17, 15) is 13.2 Å². The largest absolute Gasteiger partial charge is 0.477 e. The van der Waals surface area contributed by atoms with Gasteiger partial charge in [0.15, 0.2) is 6.10 Å². The molecule has 132 valence electrons. The van der Waals surface area contributed by atoms with Gasteiger partial charge in [0.2, 0.25) is 10.0 Å². The molecule has 0 spiro atoms. The van der Waals surface area contributed by atoms with Gasteiger partial charge >= 0.3 is 0 Å². The van der Waals surface area contributed by atoms with E-state index in [-0.39, 0.29) is 18.2 Å². The third-order valence-corrected chi connectivity index (χ3v) is 5.44. The number of benzene rings is 2. The van der Waals surface area contributed by atoms with Gasteiger partial charge in [0.1, 0.15) is 5.75 Å². The average Bonchev–Trinajstić information content (AvgIpc) is 2.63. The number of ether oxygens (including phenoxy) is 1. The molecule has 1 amide bonds. The molecule has 1 unspecified atom stereocenters. The lowest BCUT2D eigenvalue weighted by Gasteiger charge is -2.31. The van der Waals surface area contributed by atoms with Crippen LogP contribution in [0.25, 0.3) is 0 Å². The summed E-state index contributed by atoms with van der Waals surface area (Å²) in [6.07, 6.45) is -0.454. The van der Waals surface area contributed by atoms with Gasteiger partial charge in [0.25, 0.3) is 5.91 Å². The Morgan fingerprint density at radius 3 is 2.52 bits per heavy atom. The standard InChI is InChI=1S/C18H20N2O4S/c1-20-15-9-5-6-10-16(15)24-17(18(20)21)13-19-25(22,23)12-11-14-7-3-2-4-8-14/h2-10,17,19H,11-13H2,1H3. The monoisotopic (exact) mass is 360 g/mol. The zero-order valence-corrected chi connectivity index (χ0v) is 14.7. The fraction of sp³-hybridized carbons (Fsp3) is 0.278. The van der Waals surface area contributed by atoms with Crippen LogP contribution in [-0.2, 0) is 21.2 Å². The van der Waals surface area contributed by atoms with Crippen LogP contribution < -0.4 is 14.4 Å². The van der Waals surface area contributed by atoms with E-state index >= 15 is 0 Å². The van der Waals surface area contributed by atoms with Crippen LogP contribution in [0.1, 0.15) is 5.56 Å². The maximum Gasteiger partial charge on any atom is 0.269 e. The minimum absolute atomic E-state index is 0.0374. The van der Waals surface area contributed by atoms with Gasteiger partial charge in [-0.2, -0.15) is 0 Å². The lowest BCUT2D eigenvalue weighted by atomic mass is 10.2. The van der Waals surface area contributed by atoms with E-state index in [0.29, 0.717) is 17.9 Å². The second-order valence-electron chi connectivity index (χ2n) is 5.87. The summed E-state index contributed by atoms with van der Waals surface area (Å²) >= 11 is 0. The first-order valence-corrected chi connectivity index (χ1v) is 9.66. The highest BCUT2D eigenvalue weighted by Crippen LogP contribution is 2.32. The molecule has 0 saturated carbocycles. The number of sulfonamides is 1. The van der Waals surface area contributed by atoms with Crippen LogP contribution in [0.5, 0.6) is 5.75 Å². The second-order valence-corrected chi connectivity index (χ2v) is 7.80. The Kier molecular flexibility index (Phi) is 5.06. The van der Waals surface area contributed by atoms with Crippen LogP contribution in [0.15, 0.2) is 54.6 Å². The zero-order chi connectivity index (χ0) is 17.9. The lowest BCUT2D eigenvalue weighted by molar-refractivity contribution is -0.125. The number of hydrogen-bond acceptors (Lipinski definition) is 4. The molecule has 0 bridgehead atoms. The van der Waals surface area contributed by atoms with Crippen molar-refractivity contribution in [3.8, 4) is 5.75 Å². The Morgan fingerprint density at radius 1 is 1.08 bits per heavy atom. The van der Waals surface area contributed by atoms with Crippen LogP contribution >= 0.6 is 0 Å².